The molecule has 0 saturated heterocycles. The molecule has 19 heavy (non-hydrogen) atoms. The minimum atomic E-state index is 1.16. The quantitative estimate of drug-likeness (QED) is 0.671. The zero-order valence-electron chi connectivity index (χ0n) is 11.9. The second-order valence-electron chi connectivity index (χ2n) is 5.02. The predicted molar refractivity (Wildman–Crippen MR) is 82.3 cm³/mol. The molecule has 0 saturated carbocycles. The summed E-state index contributed by atoms with van der Waals surface area (Å²) in [4.78, 5) is 0. The van der Waals surface area contributed by atoms with Gasteiger partial charge in [0.1, 0.15) is 0 Å². The molecule has 98 valence electrons. The van der Waals surface area contributed by atoms with Crippen molar-refractivity contribution < 1.29 is 0 Å². The van der Waals surface area contributed by atoms with Gasteiger partial charge in [0.05, 0.1) is 6.42 Å². The molecule has 0 aromatic heterocycles. The smallest absolute Gasteiger partial charge is 0.0501 e. The van der Waals surface area contributed by atoms with Gasteiger partial charge in [-0.15, -0.1) is 0 Å². The van der Waals surface area contributed by atoms with Crippen LogP contribution in [0, 0.1) is 6.42 Å². The summed E-state index contributed by atoms with van der Waals surface area (Å²) in [5, 5.41) is 0. The second-order valence-corrected chi connectivity index (χ2v) is 5.02. The first-order valence-electron chi connectivity index (χ1n) is 7.26. The van der Waals surface area contributed by atoms with E-state index in [9.17, 15) is 0 Å². The zero-order valence-corrected chi connectivity index (χ0v) is 11.9. The van der Waals surface area contributed by atoms with Crippen LogP contribution >= 0.6 is 0 Å². The van der Waals surface area contributed by atoms with Crippen LogP contribution < -0.4 is 0 Å². The van der Waals surface area contributed by atoms with Gasteiger partial charge >= 0.3 is 0 Å². The van der Waals surface area contributed by atoms with Crippen LogP contribution in [-0.2, 0) is 12.8 Å². The van der Waals surface area contributed by atoms with Crippen LogP contribution in [0.3, 0.4) is 0 Å². The van der Waals surface area contributed by atoms with Crippen LogP contribution in [0.5, 0.6) is 0 Å². The Hall–Kier alpha value is -1.56. The maximum atomic E-state index is 3.44. The van der Waals surface area contributed by atoms with Gasteiger partial charge in [0.15, 0.2) is 0 Å². The molecule has 0 unspecified atom stereocenters. The highest BCUT2D eigenvalue weighted by molar-refractivity contribution is 5.39. The Kier molecular flexibility index (Phi) is 5.20. The number of hydrogen-bond acceptors (Lipinski definition) is 0. The molecule has 2 aromatic rings. The van der Waals surface area contributed by atoms with Crippen molar-refractivity contribution in [3.05, 3.63) is 77.2 Å². The highest BCUT2D eigenvalue weighted by Crippen LogP contribution is 2.15. The number of rotatable bonds is 6. The van der Waals surface area contributed by atoms with Gasteiger partial charge in [0, 0.05) is 0 Å². The summed E-state index contributed by atoms with van der Waals surface area (Å²) < 4.78 is 0. The predicted octanol–water partition coefficient (Wildman–Crippen LogP) is 5.07. The Morgan fingerprint density at radius 3 is 1.32 bits per heavy atom. The van der Waals surface area contributed by atoms with Crippen molar-refractivity contribution in [2.75, 3.05) is 0 Å². The standard InChI is InChI=1S/C19H22/c1-3-5-16-7-11-18(12-8-16)15-19-13-9-17(6-4-2)10-14-19/h7-14H,3-6H2,1-2H3. The Balaban J connectivity index is 1.99. The van der Waals surface area contributed by atoms with E-state index in [4.69, 9.17) is 0 Å². The van der Waals surface area contributed by atoms with E-state index in [0.717, 1.165) is 24.0 Å². The van der Waals surface area contributed by atoms with Crippen molar-refractivity contribution in [3.63, 3.8) is 0 Å². The topological polar surface area (TPSA) is 0 Å². The fourth-order valence-corrected chi connectivity index (χ4v) is 2.25. The lowest BCUT2D eigenvalue weighted by atomic mass is 10.0. The Bertz CT molecular complexity index is 429. The largest absolute Gasteiger partial charge is 0.0651 e. The maximum Gasteiger partial charge on any atom is 0.0501 e. The van der Waals surface area contributed by atoms with E-state index in [0.29, 0.717) is 0 Å². The third kappa shape index (κ3) is 4.24. The lowest BCUT2D eigenvalue weighted by Crippen LogP contribution is -1.89. The minimum absolute atomic E-state index is 1.16. The molecule has 0 heteroatoms. The van der Waals surface area contributed by atoms with Crippen molar-refractivity contribution in [2.24, 2.45) is 0 Å². The van der Waals surface area contributed by atoms with Crippen molar-refractivity contribution in [1.82, 2.24) is 0 Å². The van der Waals surface area contributed by atoms with E-state index in [1.807, 2.05) is 0 Å². The van der Waals surface area contributed by atoms with Crippen LogP contribution in [0.15, 0.2) is 48.5 Å². The Morgan fingerprint density at radius 1 is 0.632 bits per heavy atom. The normalized spacial score (nSPS) is 10.6. The van der Waals surface area contributed by atoms with Crippen molar-refractivity contribution in [2.45, 2.75) is 39.5 Å². The van der Waals surface area contributed by atoms with Gasteiger partial charge in [-0.05, 0) is 35.1 Å². The second kappa shape index (κ2) is 7.13. The van der Waals surface area contributed by atoms with E-state index >= 15 is 0 Å². The zero-order chi connectivity index (χ0) is 13.5. The molecule has 2 radical (unpaired) electrons. The first-order chi connectivity index (χ1) is 9.31. The molecule has 2 rings (SSSR count). The minimum Gasteiger partial charge on any atom is -0.0651 e. The molecule has 0 nitrogen and oxygen atoms in total. The molecule has 0 spiro atoms. The molecule has 2 aromatic carbocycles. The van der Waals surface area contributed by atoms with Crippen LogP contribution in [0.25, 0.3) is 0 Å². The highest BCUT2D eigenvalue weighted by atomic mass is 14.0. The van der Waals surface area contributed by atoms with Gasteiger partial charge in [-0.1, -0.05) is 75.2 Å². The SMILES string of the molecule is CCCc1ccc([C]c2ccc(CCC)cc2)cc1. The van der Waals surface area contributed by atoms with Gasteiger partial charge in [-0.2, -0.15) is 0 Å². The van der Waals surface area contributed by atoms with E-state index in [1.165, 1.54) is 24.0 Å². The average molecular weight is 250 g/mol. The van der Waals surface area contributed by atoms with Gasteiger partial charge in [-0.3, -0.25) is 0 Å². The summed E-state index contributed by atoms with van der Waals surface area (Å²) in [5.74, 6) is 0. The van der Waals surface area contributed by atoms with Gasteiger partial charge < -0.3 is 0 Å². The Morgan fingerprint density at radius 2 is 1.00 bits per heavy atom. The summed E-state index contributed by atoms with van der Waals surface area (Å²) >= 11 is 0. The number of benzene rings is 2. The summed E-state index contributed by atoms with van der Waals surface area (Å²) in [7, 11) is 0. The highest BCUT2D eigenvalue weighted by Gasteiger charge is 1.99. The molecular weight excluding hydrogens is 228 g/mol. The molecule has 0 aliphatic heterocycles. The lowest BCUT2D eigenvalue weighted by molar-refractivity contribution is 0.921. The van der Waals surface area contributed by atoms with E-state index in [2.05, 4.69) is 68.8 Å². The fraction of sp³-hybridized carbons (Fsp3) is 0.316. The van der Waals surface area contributed by atoms with Crippen LogP contribution in [0.2, 0.25) is 0 Å². The third-order valence-corrected chi connectivity index (χ3v) is 3.27. The summed E-state index contributed by atoms with van der Waals surface area (Å²) in [5.41, 5.74) is 5.13. The van der Waals surface area contributed by atoms with Gasteiger partial charge in [-0.25, -0.2) is 0 Å². The monoisotopic (exact) mass is 250 g/mol. The van der Waals surface area contributed by atoms with Crippen molar-refractivity contribution in [3.8, 4) is 0 Å². The van der Waals surface area contributed by atoms with E-state index in [1.54, 1.807) is 0 Å². The summed E-state index contributed by atoms with van der Waals surface area (Å²) in [6, 6.07) is 17.5. The van der Waals surface area contributed by atoms with Crippen LogP contribution in [-0.4, -0.2) is 0 Å². The number of aryl methyl sites for hydroxylation is 2. The van der Waals surface area contributed by atoms with Crippen molar-refractivity contribution in [1.29, 1.82) is 0 Å². The Labute approximate surface area is 117 Å². The molecule has 0 atom stereocenters. The third-order valence-electron chi connectivity index (χ3n) is 3.27. The molecular formula is C19H22. The first kappa shape index (κ1) is 13.9. The van der Waals surface area contributed by atoms with Crippen LogP contribution in [0.1, 0.15) is 48.9 Å². The lowest BCUT2D eigenvalue weighted by Gasteiger charge is -2.04. The van der Waals surface area contributed by atoms with E-state index in [-0.39, 0.29) is 0 Å². The molecule has 0 bridgehead atoms. The molecule has 0 N–H and O–H groups in total. The van der Waals surface area contributed by atoms with E-state index < -0.39 is 0 Å². The molecule has 0 fully saturated rings. The molecule has 0 amide bonds. The molecule has 0 aliphatic carbocycles. The number of hydrogen-bond donors (Lipinski definition) is 0. The van der Waals surface area contributed by atoms with Crippen LogP contribution in [0.4, 0.5) is 0 Å². The van der Waals surface area contributed by atoms with Crippen molar-refractivity contribution >= 4 is 0 Å². The summed E-state index contributed by atoms with van der Waals surface area (Å²) in [6.45, 7) is 4.42. The van der Waals surface area contributed by atoms with Gasteiger partial charge in [0.2, 0.25) is 0 Å². The summed E-state index contributed by atoms with van der Waals surface area (Å²) in [6.07, 6.45) is 8.16. The average Bonchev–Trinajstić information content (AvgIpc) is 2.44. The first-order valence-corrected chi connectivity index (χ1v) is 7.26. The fourth-order valence-electron chi connectivity index (χ4n) is 2.25. The maximum absolute atomic E-state index is 3.44. The molecule has 0 heterocycles. The molecule has 0 aliphatic rings. The van der Waals surface area contributed by atoms with Gasteiger partial charge in [0.25, 0.3) is 0 Å².